The summed E-state index contributed by atoms with van der Waals surface area (Å²) in [4.78, 5) is 25.6. The summed E-state index contributed by atoms with van der Waals surface area (Å²) in [7, 11) is 0. The molecule has 0 aliphatic rings. The van der Waals surface area contributed by atoms with Gasteiger partial charge in [0.15, 0.2) is 0 Å². The molecule has 0 fully saturated rings. The third kappa shape index (κ3) is 41.1. The van der Waals surface area contributed by atoms with Crippen LogP contribution in [0.4, 0.5) is 0 Å². The van der Waals surface area contributed by atoms with E-state index in [0.717, 1.165) is 103 Å². The molecular formula is C36H64CaN2O4. The van der Waals surface area contributed by atoms with Gasteiger partial charge in [0.05, 0.1) is 11.9 Å². The second kappa shape index (κ2) is 39.1. The van der Waals surface area contributed by atoms with Crippen LogP contribution >= 0.6 is 0 Å². The van der Waals surface area contributed by atoms with Crippen molar-refractivity contribution in [2.75, 3.05) is 39.3 Å². The standard InChI is InChI=1S/2C18H33NO2.Ca/c2*1-3-5-7-9-11-13-15-19(17-18(20)21)16-14-12-10-8-6-4-2;/h2*3-6H,7-17H2,1-2H3,(H,20,21);/q;;+2/p-2/b2*5-3+,6-4+;. The van der Waals surface area contributed by atoms with Gasteiger partial charge in [0.25, 0.3) is 0 Å². The maximum absolute atomic E-state index is 10.8. The fraction of sp³-hybridized carbons (Fsp3) is 0.722. The van der Waals surface area contributed by atoms with Crippen molar-refractivity contribution < 1.29 is 19.8 Å². The van der Waals surface area contributed by atoms with E-state index in [2.05, 4.69) is 48.6 Å². The van der Waals surface area contributed by atoms with Gasteiger partial charge in [0.1, 0.15) is 0 Å². The molecule has 0 spiro atoms. The van der Waals surface area contributed by atoms with Crippen LogP contribution in [0.3, 0.4) is 0 Å². The number of allylic oxidation sites excluding steroid dienone is 8. The molecule has 0 aromatic rings. The van der Waals surface area contributed by atoms with Crippen LogP contribution in [0.2, 0.25) is 0 Å². The third-order valence-electron chi connectivity index (χ3n) is 7.03. The zero-order valence-electron chi connectivity index (χ0n) is 28.4. The predicted molar refractivity (Wildman–Crippen MR) is 182 cm³/mol. The molecule has 0 heterocycles. The number of hydrogen-bond donors (Lipinski definition) is 0. The first kappa shape index (κ1) is 46.5. The Hall–Kier alpha value is -0.920. The first-order chi connectivity index (χ1) is 20.4. The average Bonchev–Trinajstić information content (AvgIpc) is 2.95. The first-order valence-electron chi connectivity index (χ1n) is 16.7. The number of nitrogens with zero attached hydrogens (tertiary/aromatic N) is 2. The number of carboxylic acids is 2. The number of unbranched alkanes of at least 4 members (excludes halogenated alkanes) is 12. The Balaban J connectivity index is -0.000000727. The Morgan fingerprint density at radius 3 is 0.860 bits per heavy atom. The molecule has 0 unspecified atom stereocenters. The van der Waals surface area contributed by atoms with Crippen molar-refractivity contribution in [1.29, 1.82) is 0 Å². The van der Waals surface area contributed by atoms with Crippen LogP contribution in [0.5, 0.6) is 0 Å². The minimum absolute atomic E-state index is 0. The van der Waals surface area contributed by atoms with Crippen molar-refractivity contribution in [2.45, 2.75) is 130 Å². The molecule has 0 aliphatic heterocycles. The van der Waals surface area contributed by atoms with Gasteiger partial charge in [0, 0.05) is 13.1 Å². The molecule has 244 valence electrons. The maximum Gasteiger partial charge on any atom is 2.00 e. The van der Waals surface area contributed by atoms with Gasteiger partial charge in [0.2, 0.25) is 0 Å². The van der Waals surface area contributed by atoms with E-state index in [4.69, 9.17) is 0 Å². The number of aliphatic carboxylic acids is 2. The van der Waals surface area contributed by atoms with Gasteiger partial charge >= 0.3 is 37.7 Å². The van der Waals surface area contributed by atoms with Crippen molar-refractivity contribution in [2.24, 2.45) is 0 Å². The SMILES string of the molecule is C/C=C/CCCCCN(CCCCC/C=C/C)CC(=O)[O-].C/C=C/CCCCCN(CCCCC/C=C/C)CC(=O)[O-].[Ca+2]. The summed E-state index contributed by atoms with van der Waals surface area (Å²) in [5, 5.41) is 21.6. The summed E-state index contributed by atoms with van der Waals surface area (Å²) in [6.07, 6.45) is 35.3. The van der Waals surface area contributed by atoms with Crippen LogP contribution < -0.4 is 10.2 Å². The molecule has 0 rings (SSSR count). The topological polar surface area (TPSA) is 86.7 Å². The number of rotatable bonds is 28. The molecule has 0 saturated heterocycles. The molecule has 0 atom stereocenters. The molecule has 0 saturated carbocycles. The van der Waals surface area contributed by atoms with Crippen LogP contribution in [0, 0.1) is 0 Å². The Bertz CT molecular complexity index is 618. The maximum atomic E-state index is 10.8. The first-order valence-corrected chi connectivity index (χ1v) is 16.7. The van der Waals surface area contributed by atoms with Gasteiger partial charge < -0.3 is 19.8 Å². The number of carboxylic acid groups (broad SMARTS) is 2. The normalized spacial score (nSPS) is 11.7. The van der Waals surface area contributed by atoms with Crippen LogP contribution in [-0.2, 0) is 9.59 Å². The van der Waals surface area contributed by atoms with Gasteiger partial charge in [-0.3, -0.25) is 9.80 Å². The molecule has 0 radical (unpaired) electrons. The molecule has 6 nitrogen and oxygen atoms in total. The van der Waals surface area contributed by atoms with E-state index in [1.54, 1.807) is 0 Å². The monoisotopic (exact) mass is 628 g/mol. The zero-order valence-corrected chi connectivity index (χ0v) is 30.6. The summed E-state index contributed by atoms with van der Waals surface area (Å²) in [5.74, 6) is -1.92. The Morgan fingerprint density at radius 2 is 0.674 bits per heavy atom. The van der Waals surface area contributed by atoms with Crippen LogP contribution in [0.1, 0.15) is 130 Å². The van der Waals surface area contributed by atoms with Crippen LogP contribution in [-0.4, -0.2) is 98.7 Å². The Kier molecular flexibility index (Phi) is 42.3. The molecule has 0 bridgehead atoms. The fourth-order valence-corrected chi connectivity index (χ4v) is 4.67. The van der Waals surface area contributed by atoms with Crippen LogP contribution in [0.15, 0.2) is 48.6 Å². The predicted octanol–water partition coefficient (Wildman–Crippen LogP) is 6.24. The van der Waals surface area contributed by atoms with Gasteiger partial charge in [-0.25, -0.2) is 0 Å². The third-order valence-corrected chi connectivity index (χ3v) is 7.03. The van der Waals surface area contributed by atoms with E-state index in [1.165, 1.54) is 25.7 Å². The molecule has 0 aromatic heterocycles. The second-order valence-electron chi connectivity index (χ2n) is 11.0. The summed E-state index contributed by atoms with van der Waals surface area (Å²) in [5.41, 5.74) is 0. The van der Waals surface area contributed by atoms with E-state index in [0.29, 0.717) is 0 Å². The number of carbonyl (C=O) groups excluding carboxylic acids is 2. The minimum atomic E-state index is -0.960. The van der Waals surface area contributed by atoms with E-state index >= 15 is 0 Å². The molecule has 0 aliphatic carbocycles. The summed E-state index contributed by atoms with van der Waals surface area (Å²) in [6.45, 7) is 11.8. The summed E-state index contributed by atoms with van der Waals surface area (Å²) in [6, 6.07) is 0. The van der Waals surface area contributed by atoms with Gasteiger partial charge in [-0.2, -0.15) is 0 Å². The fourth-order valence-electron chi connectivity index (χ4n) is 4.67. The second-order valence-corrected chi connectivity index (χ2v) is 11.0. The summed E-state index contributed by atoms with van der Waals surface area (Å²) >= 11 is 0. The zero-order chi connectivity index (χ0) is 31.5. The van der Waals surface area contributed by atoms with E-state index < -0.39 is 11.9 Å². The number of hydrogen-bond acceptors (Lipinski definition) is 6. The van der Waals surface area contributed by atoms with Gasteiger partial charge in [-0.05, 0) is 131 Å². The van der Waals surface area contributed by atoms with Crippen molar-refractivity contribution in [3.8, 4) is 0 Å². The molecule has 43 heavy (non-hydrogen) atoms. The van der Waals surface area contributed by atoms with Crippen LogP contribution in [0.25, 0.3) is 0 Å². The smallest absolute Gasteiger partial charge is 0.549 e. The molecule has 7 heteroatoms. The van der Waals surface area contributed by atoms with Crippen molar-refractivity contribution in [1.82, 2.24) is 9.80 Å². The van der Waals surface area contributed by atoms with E-state index in [1.807, 2.05) is 37.5 Å². The Labute approximate surface area is 295 Å². The quantitative estimate of drug-likeness (QED) is 0.0579. The molecule has 0 N–H and O–H groups in total. The van der Waals surface area contributed by atoms with Crippen molar-refractivity contribution in [3.05, 3.63) is 48.6 Å². The van der Waals surface area contributed by atoms with Gasteiger partial charge in [-0.15, -0.1) is 0 Å². The van der Waals surface area contributed by atoms with E-state index in [-0.39, 0.29) is 50.8 Å². The molecular weight excluding hydrogens is 564 g/mol. The van der Waals surface area contributed by atoms with E-state index in [9.17, 15) is 19.8 Å². The molecule has 0 aromatic carbocycles. The summed E-state index contributed by atoms with van der Waals surface area (Å²) < 4.78 is 0. The van der Waals surface area contributed by atoms with Crippen molar-refractivity contribution in [3.63, 3.8) is 0 Å². The van der Waals surface area contributed by atoms with Gasteiger partial charge in [-0.1, -0.05) is 74.3 Å². The average molecular weight is 629 g/mol. The minimum Gasteiger partial charge on any atom is -0.549 e. The molecule has 0 amide bonds. The number of carbonyl (C=O) groups is 2. The largest absolute Gasteiger partial charge is 2.00 e. The Morgan fingerprint density at radius 1 is 0.442 bits per heavy atom. The van der Waals surface area contributed by atoms with Crippen molar-refractivity contribution >= 4 is 49.7 Å².